The first-order chi connectivity index (χ1) is 9.51. The Morgan fingerprint density at radius 3 is 2.15 bits per heavy atom. The van der Waals surface area contributed by atoms with Gasteiger partial charge in [-0.1, -0.05) is 0 Å². The molecule has 1 rings (SSSR count). The summed E-state index contributed by atoms with van der Waals surface area (Å²) < 4.78 is 15.8. The number of carbonyl (C=O) groups excluding carboxylic acids is 1. The molecule has 0 aliphatic heterocycles. The van der Waals surface area contributed by atoms with Gasteiger partial charge in [-0.2, -0.15) is 0 Å². The van der Waals surface area contributed by atoms with Gasteiger partial charge in [0.2, 0.25) is 5.91 Å². The van der Waals surface area contributed by atoms with Crippen LogP contribution in [-0.2, 0) is 11.3 Å². The van der Waals surface area contributed by atoms with Crippen molar-refractivity contribution < 1.29 is 19.0 Å². The van der Waals surface area contributed by atoms with Gasteiger partial charge in [-0.3, -0.25) is 4.79 Å². The lowest BCUT2D eigenvalue weighted by atomic mass is 10.1. The number of hydrogen-bond donors (Lipinski definition) is 2. The highest BCUT2D eigenvalue weighted by atomic mass is 16.5. The van der Waals surface area contributed by atoms with Gasteiger partial charge in [0, 0.05) is 24.6 Å². The monoisotopic (exact) mass is 282 g/mol. The molecule has 1 amide bonds. The predicted octanol–water partition coefficient (Wildman–Crippen LogP) is 1.07. The summed E-state index contributed by atoms with van der Waals surface area (Å²) in [5, 5.41) is 2.80. The second-order valence-electron chi connectivity index (χ2n) is 4.47. The van der Waals surface area contributed by atoms with E-state index in [1.807, 2.05) is 0 Å². The fourth-order valence-electron chi connectivity index (χ4n) is 1.80. The Kier molecular flexibility index (Phi) is 6.11. The zero-order valence-corrected chi connectivity index (χ0v) is 12.4. The maximum absolute atomic E-state index is 11.7. The number of amides is 1. The van der Waals surface area contributed by atoms with E-state index in [4.69, 9.17) is 19.9 Å². The van der Waals surface area contributed by atoms with Gasteiger partial charge in [-0.25, -0.2) is 0 Å². The van der Waals surface area contributed by atoms with Crippen molar-refractivity contribution in [2.24, 2.45) is 5.73 Å². The van der Waals surface area contributed by atoms with Crippen molar-refractivity contribution in [2.45, 2.75) is 25.9 Å². The molecule has 0 saturated heterocycles. The highest BCUT2D eigenvalue weighted by molar-refractivity contribution is 5.76. The number of benzene rings is 1. The van der Waals surface area contributed by atoms with Gasteiger partial charge in [0.05, 0.1) is 33.4 Å². The molecular weight excluding hydrogens is 260 g/mol. The number of nitrogens with two attached hydrogens (primary N) is 1. The van der Waals surface area contributed by atoms with Gasteiger partial charge in [-0.05, 0) is 6.92 Å². The topological polar surface area (TPSA) is 82.8 Å². The Bertz CT molecular complexity index is 435. The number of methoxy groups -OCH3 is 3. The summed E-state index contributed by atoms with van der Waals surface area (Å²) in [7, 11) is 4.68. The molecule has 1 unspecified atom stereocenters. The van der Waals surface area contributed by atoms with E-state index in [2.05, 4.69) is 5.32 Å². The minimum absolute atomic E-state index is 0.111. The van der Waals surface area contributed by atoms with Crippen molar-refractivity contribution in [1.82, 2.24) is 5.32 Å². The standard InChI is InChI=1S/C14H22N2O4/c1-9(15)5-14(17)16-8-11-12(19-3)6-10(18-2)7-13(11)20-4/h6-7,9H,5,8,15H2,1-4H3,(H,16,17). The highest BCUT2D eigenvalue weighted by Gasteiger charge is 2.14. The number of nitrogens with one attached hydrogen (secondary N) is 1. The van der Waals surface area contributed by atoms with Crippen molar-refractivity contribution in [1.29, 1.82) is 0 Å². The van der Waals surface area contributed by atoms with E-state index in [0.29, 0.717) is 23.8 Å². The van der Waals surface area contributed by atoms with Gasteiger partial charge in [0.15, 0.2) is 0 Å². The molecule has 0 aliphatic rings. The Balaban J connectivity index is 2.90. The molecule has 0 fully saturated rings. The molecule has 112 valence electrons. The minimum Gasteiger partial charge on any atom is -0.496 e. The molecule has 0 aromatic heterocycles. The van der Waals surface area contributed by atoms with E-state index in [0.717, 1.165) is 5.56 Å². The van der Waals surface area contributed by atoms with E-state index < -0.39 is 0 Å². The van der Waals surface area contributed by atoms with Crippen LogP contribution in [-0.4, -0.2) is 33.3 Å². The lowest BCUT2D eigenvalue weighted by molar-refractivity contribution is -0.121. The first-order valence-electron chi connectivity index (χ1n) is 6.33. The molecule has 0 heterocycles. The third-order valence-corrected chi connectivity index (χ3v) is 2.79. The van der Waals surface area contributed by atoms with Crippen molar-refractivity contribution in [3.05, 3.63) is 17.7 Å². The normalized spacial score (nSPS) is 11.7. The molecule has 0 aliphatic carbocycles. The average Bonchev–Trinajstić information content (AvgIpc) is 2.43. The first-order valence-corrected chi connectivity index (χ1v) is 6.33. The molecule has 6 heteroatoms. The summed E-state index contributed by atoms with van der Waals surface area (Å²) in [4.78, 5) is 11.7. The molecule has 0 bridgehead atoms. The fraction of sp³-hybridized carbons (Fsp3) is 0.500. The summed E-state index contributed by atoms with van der Waals surface area (Å²) >= 11 is 0. The SMILES string of the molecule is COc1cc(OC)c(CNC(=O)CC(C)N)c(OC)c1. The minimum atomic E-state index is -0.172. The van der Waals surface area contributed by atoms with Crippen LogP contribution in [0.15, 0.2) is 12.1 Å². The average molecular weight is 282 g/mol. The van der Waals surface area contributed by atoms with Gasteiger partial charge >= 0.3 is 0 Å². The van der Waals surface area contributed by atoms with Crippen LogP contribution < -0.4 is 25.3 Å². The number of hydrogen-bond acceptors (Lipinski definition) is 5. The predicted molar refractivity (Wildman–Crippen MR) is 76.2 cm³/mol. The second kappa shape index (κ2) is 7.59. The molecule has 6 nitrogen and oxygen atoms in total. The molecule has 1 aromatic rings. The van der Waals surface area contributed by atoms with E-state index in [-0.39, 0.29) is 18.4 Å². The van der Waals surface area contributed by atoms with Gasteiger partial charge in [-0.15, -0.1) is 0 Å². The first kappa shape index (κ1) is 16.1. The second-order valence-corrected chi connectivity index (χ2v) is 4.47. The van der Waals surface area contributed by atoms with E-state index in [9.17, 15) is 4.79 Å². The maximum Gasteiger partial charge on any atom is 0.221 e. The summed E-state index contributed by atoms with van der Waals surface area (Å²) in [5.74, 6) is 1.72. The quantitative estimate of drug-likeness (QED) is 0.781. The summed E-state index contributed by atoms with van der Waals surface area (Å²) in [6.45, 7) is 2.09. The van der Waals surface area contributed by atoms with Crippen molar-refractivity contribution in [2.75, 3.05) is 21.3 Å². The van der Waals surface area contributed by atoms with Gasteiger partial charge in [0.25, 0.3) is 0 Å². The lowest BCUT2D eigenvalue weighted by Gasteiger charge is -2.16. The largest absolute Gasteiger partial charge is 0.496 e. The van der Waals surface area contributed by atoms with Crippen molar-refractivity contribution in [3.63, 3.8) is 0 Å². The summed E-state index contributed by atoms with van der Waals surface area (Å²) in [5.41, 5.74) is 6.34. The van der Waals surface area contributed by atoms with Crippen molar-refractivity contribution in [3.8, 4) is 17.2 Å². The number of rotatable bonds is 7. The van der Waals surface area contributed by atoms with Crippen LogP contribution in [0.25, 0.3) is 0 Å². The Labute approximate surface area is 119 Å². The van der Waals surface area contributed by atoms with E-state index in [1.165, 1.54) is 0 Å². The Morgan fingerprint density at radius 1 is 1.20 bits per heavy atom. The zero-order chi connectivity index (χ0) is 15.1. The number of carbonyl (C=O) groups is 1. The van der Waals surface area contributed by atoms with Crippen LogP contribution in [0.5, 0.6) is 17.2 Å². The fourth-order valence-corrected chi connectivity index (χ4v) is 1.80. The molecule has 3 N–H and O–H groups in total. The molecular formula is C14H22N2O4. The van der Waals surface area contributed by atoms with Crippen LogP contribution in [0.4, 0.5) is 0 Å². The smallest absolute Gasteiger partial charge is 0.221 e. The Hall–Kier alpha value is -1.95. The van der Waals surface area contributed by atoms with Crippen LogP contribution >= 0.6 is 0 Å². The van der Waals surface area contributed by atoms with Crippen LogP contribution in [0.1, 0.15) is 18.9 Å². The molecule has 20 heavy (non-hydrogen) atoms. The van der Waals surface area contributed by atoms with Gasteiger partial charge in [0.1, 0.15) is 17.2 Å². The van der Waals surface area contributed by atoms with Crippen LogP contribution in [0.2, 0.25) is 0 Å². The third kappa shape index (κ3) is 4.31. The molecule has 1 atom stereocenters. The molecule has 0 radical (unpaired) electrons. The van der Waals surface area contributed by atoms with E-state index in [1.54, 1.807) is 40.4 Å². The van der Waals surface area contributed by atoms with Crippen LogP contribution in [0, 0.1) is 0 Å². The van der Waals surface area contributed by atoms with Crippen molar-refractivity contribution >= 4 is 5.91 Å². The van der Waals surface area contributed by atoms with Crippen LogP contribution in [0.3, 0.4) is 0 Å². The van der Waals surface area contributed by atoms with E-state index >= 15 is 0 Å². The summed E-state index contributed by atoms with van der Waals surface area (Å²) in [6.07, 6.45) is 0.279. The third-order valence-electron chi connectivity index (χ3n) is 2.79. The maximum atomic E-state index is 11.7. The number of ether oxygens (including phenoxy) is 3. The zero-order valence-electron chi connectivity index (χ0n) is 12.4. The molecule has 0 spiro atoms. The summed E-state index contributed by atoms with van der Waals surface area (Å²) in [6, 6.07) is 3.32. The lowest BCUT2D eigenvalue weighted by Crippen LogP contribution is -2.29. The highest BCUT2D eigenvalue weighted by Crippen LogP contribution is 2.33. The van der Waals surface area contributed by atoms with Gasteiger partial charge < -0.3 is 25.3 Å². The molecule has 1 aromatic carbocycles. The molecule has 0 saturated carbocycles. The Morgan fingerprint density at radius 2 is 1.75 bits per heavy atom.